The zero-order chi connectivity index (χ0) is 18.1. The maximum absolute atomic E-state index is 11.7. The van der Waals surface area contributed by atoms with Crippen LogP contribution < -0.4 is 16.0 Å². The van der Waals surface area contributed by atoms with Crippen LogP contribution in [0.2, 0.25) is 0 Å². The second-order valence-corrected chi connectivity index (χ2v) is 6.46. The molecule has 0 aliphatic heterocycles. The number of carbonyl (C=O) groups is 4. The first-order valence-corrected chi connectivity index (χ1v) is 9.05. The molecule has 1 aliphatic carbocycles. The van der Waals surface area contributed by atoms with E-state index in [9.17, 15) is 19.2 Å². The highest BCUT2D eigenvalue weighted by Crippen LogP contribution is 2.17. The van der Waals surface area contributed by atoms with Gasteiger partial charge in [-0.25, -0.2) is 4.79 Å². The minimum absolute atomic E-state index is 0.0581. The van der Waals surface area contributed by atoms with E-state index in [-0.39, 0.29) is 24.9 Å². The number of imide groups is 1. The van der Waals surface area contributed by atoms with Crippen molar-refractivity contribution in [3.63, 3.8) is 0 Å². The fourth-order valence-corrected chi connectivity index (χ4v) is 3.08. The average molecular weight is 367 g/mol. The van der Waals surface area contributed by atoms with Crippen LogP contribution in [-0.2, 0) is 14.3 Å². The molecule has 2 rings (SSSR count). The summed E-state index contributed by atoms with van der Waals surface area (Å²) in [5.41, 5.74) is 0.533. The lowest BCUT2D eigenvalue weighted by Gasteiger charge is -2.12. The Kier molecular flexibility index (Phi) is 7.39. The lowest BCUT2D eigenvalue weighted by atomic mass is 10.2. The third-order valence-corrected chi connectivity index (χ3v) is 4.39. The summed E-state index contributed by atoms with van der Waals surface area (Å²) in [6, 6.07) is 1.21. The zero-order valence-corrected chi connectivity index (χ0v) is 14.5. The maximum Gasteiger partial charge on any atom is 0.321 e. The Bertz CT molecular complexity index is 611. The Morgan fingerprint density at radius 1 is 1.20 bits per heavy atom. The van der Waals surface area contributed by atoms with Crippen molar-refractivity contribution in [2.45, 2.75) is 38.1 Å². The predicted molar refractivity (Wildman–Crippen MR) is 91.2 cm³/mol. The molecule has 1 saturated carbocycles. The number of ether oxygens (including phenoxy) is 1. The second-order valence-electron chi connectivity index (χ2n) is 5.68. The van der Waals surface area contributed by atoms with E-state index in [4.69, 9.17) is 4.74 Å². The number of rotatable bonds is 7. The molecular formula is C16H21N3O5S. The maximum atomic E-state index is 11.7. The Morgan fingerprint density at radius 3 is 2.64 bits per heavy atom. The van der Waals surface area contributed by atoms with Gasteiger partial charge in [-0.05, 0) is 24.3 Å². The molecular weight excluding hydrogens is 346 g/mol. The fraction of sp³-hybridized carbons (Fsp3) is 0.500. The molecule has 1 aromatic heterocycles. The largest absolute Gasteiger partial charge is 0.456 e. The monoisotopic (exact) mass is 367 g/mol. The van der Waals surface area contributed by atoms with Crippen LogP contribution in [0.3, 0.4) is 0 Å². The van der Waals surface area contributed by atoms with Crippen LogP contribution in [-0.4, -0.2) is 43.0 Å². The van der Waals surface area contributed by atoms with E-state index < -0.39 is 24.5 Å². The summed E-state index contributed by atoms with van der Waals surface area (Å²) in [4.78, 5) is 46.3. The topological polar surface area (TPSA) is 114 Å². The third kappa shape index (κ3) is 6.92. The summed E-state index contributed by atoms with van der Waals surface area (Å²) in [6.07, 6.45) is 3.90. The van der Waals surface area contributed by atoms with Gasteiger partial charge in [0.15, 0.2) is 6.61 Å². The van der Waals surface area contributed by atoms with Crippen LogP contribution in [0.1, 0.15) is 42.5 Å². The van der Waals surface area contributed by atoms with Gasteiger partial charge in [0.25, 0.3) is 11.8 Å². The van der Waals surface area contributed by atoms with Gasteiger partial charge >= 0.3 is 12.0 Å². The minimum Gasteiger partial charge on any atom is -0.456 e. The highest BCUT2D eigenvalue weighted by Gasteiger charge is 2.18. The van der Waals surface area contributed by atoms with Gasteiger partial charge in [-0.2, -0.15) is 11.3 Å². The van der Waals surface area contributed by atoms with Crippen molar-refractivity contribution in [2.75, 3.05) is 13.2 Å². The number of hydrogen-bond donors (Lipinski definition) is 3. The number of nitrogens with one attached hydrogen (secondary N) is 3. The normalized spacial score (nSPS) is 13.9. The lowest BCUT2D eigenvalue weighted by Crippen LogP contribution is -2.45. The van der Waals surface area contributed by atoms with Gasteiger partial charge in [0.2, 0.25) is 0 Å². The van der Waals surface area contributed by atoms with Crippen LogP contribution in [0.4, 0.5) is 4.79 Å². The van der Waals surface area contributed by atoms with E-state index in [1.807, 2.05) is 0 Å². The standard InChI is InChI=1S/C16H21N3O5S/c20-13(19-16(23)18-12-3-1-2-4-12)9-24-14(21)5-7-17-15(22)11-6-8-25-10-11/h6,8,10,12H,1-5,7,9H2,(H,17,22)(H2,18,19,20,23). The van der Waals surface area contributed by atoms with Crippen LogP contribution in [0.15, 0.2) is 16.8 Å². The predicted octanol–water partition coefficient (Wildman–Crippen LogP) is 1.18. The van der Waals surface area contributed by atoms with Gasteiger partial charge in [-0.15, -0.1) is 0 Å². The number of carbonyl (C=O) groups excluding carboxylic acids is 4. The minimum atomic E-state index is -0.689. The Morgan fingerprint density at radius 2 is 1.96 bits per heavy atom. The first-order chi connectivity index (χ1) is 12.0. The summed E-state index contributed by atoms with van der Waals surface area (Å²) in [5.74, 6) is -1.58. The zero-order valence-electron chi connectivity index (χ0n) is 13.7. The van der Waals surface area contributed by atoms with Gasteiger partial charge in [0.1, 0.15) is 0 Å². The molecule has 3 N–H and O–H groups in total. The summed E-state index contributed by atoms with van der Waals surface area (Å²) >= 11 is 1.40. The van der Waals surface area contributed by atoms with E-state index in [0.29, 0.717) is 5.56 Å². The Balaban J connectivity index is 1.55. The van der Waals surface area contributed by atoms with E-state index in [1.165, 1.54) is 11.3 Å². The number of esters is 1. The SMILES string of the molecule is O=C(COC(=O)CCNC(=O)c1ccsc1)NC(=O)NC1CCCC1. The first kappa shape index (κ1) is 18.9. The van der Waals surface area contributed by atoms with Crippen molar-refractivity contribution in [1.29, 1.82) is 0 Å². The fourth-order valence-electron chi connectivity index (χ4n) is 2.45. The molecule has 0 spiro atoms. The summed E-state index contributed by atoms with van der Waals surface area (Å²) < 4.78 is 4.77. The second kappa shape index (κ2) is 9.77. The molecule has 136 valence electrons. The summed E-state index contributed by atoms with van der Waals surface area (Å²) in [5, 5.41) is 10.9. The molecule has 1 heterocycles. The molecule has 0 aromatic carbocycles. The average Bonchev–Trinajstić information content (AvgIpc) is 3.26. The molecule has 1 aliphatic rings. The van der Waals surface area contributed by atoms with Crippen molar-refractivity contribution in [1.82, 2.24) is 16.0 Å². The summed E-state index contributed by atoms with van der Waals surface area (Å²) in [7, 11) is 0. The van der Waals surface area contributed by atoms with Crippen LogP contribution in [0.25, 0.3) is 0 Å². The highest BCUT2D eigenvalue weighted by molar-refractivity contribution is 7.08. The number of amides is 4. The van der Waals surface area contributed by atoms with Crippen molar-refractivity contribution in [3.05, 3.63) is 22.4 Å². The quantitative estimate of drug-likeness (QED) is 0.626. The number of thiophene rings is 1. The molecule has 1 aromatic rings. The van der Waals surface area contributed by atoms with E-state index in [1.54, 1.807) is 16.8 Å². The molecule has 0 radical (unpaired) electrons. The molecule has 0 unspecified atom stereocenters. The van der Waals surface area contributed by atoms with E-state index in [2.05, 4.69) is 16.0 Å². The van der Waals surface area contributed by atoms with E-state index >= 15 is 0 Å². The van der Waals surface area contributed by atoms with E-state index in [0.717, 1.165) is 25.7 Å². The molecule has 0 saturated heterocycles. The first-order valence-electron chi connectivity index (χ1n) is 8.11. The number of urea groups is 1. The molecule has 0 atom stereocenters. The Hall–Kier alpha value is -2.42. The smallest absolute Gasteiger partial charge is 0.321 e. The van der Waals surface area contributed by atoms with Gasteiger partial charge in [0.05, 0.1) is 6.42 Å². The molecule has 1 fully saturated rings. The van der Waals surface area contributed by atoms with Gasteiger partial charge in [0, 0.05) is 23.5 Å². The molecule has 9 heteroatoms. The van der Waals surface area contributed by atoms with Gasteiger partial charge < -0.3 is 15.4 Å². The van der Waals surface area contributed by atoms with Crippen molar-refractivity contribution < 1.29 is 23.9 Å². The number of hydrogen-bond acceptors (Lipinski definition) is 6. The van der Waals surface area contributed by atoms with Crippen molar-refractivity contribution in [3.8, 4) is 0 Å². The summed E-state index contributed by atoms with van der Waals surface area (Å²) in [6.45, 7) is -0.424. The third-order valence-electron chi connectivity index (χ3n) is 3.71. The molecule has 25 heavy (non-hydrogen) atoms. The van der Waals surface area contributed by atoms with Crippen molar-refractivity contribution in [2.24, 2.45) is 0 Å². The lowest BCUT2D eigenvalue weighted by molar-refractivity contribution is -0.148. The molecule has 0 bridgehead atoms. The van der Waals surface area contributed by atoms with Crippen LogP contribution in [0, 0.1) is 0 Å². The van der Waals surface area contributed by atoms with Crippen molar-refractivity contribution >= 4 is 35.2 Å². The van der Waals surface area contributed by atoms with Crippen LogP contribution in [0.5, 0.6) is 0 Å². The molecule has 8 nitrogen and oxygen atoms in total. The molecule has 4 amide bonds. The van der Waals surface area contributed by atoms with Crippen LogP contribution >= 0.6 is 11.3 Å². The Labute approximate surface area is 149 Å². The highest BCUT2D eigenvalue weighted by atomic mass is 32.1. The van der Waals surface area contributed by atoms with Gasteiger partial charge in [-0.1, -0.05) is 12.8 Å². The van der Waals surface area contributed by atoms with Gasteiger partial charge in [-0.3, -0.25) is 19.7 Å².